The standard InChI is InChI=1S/C6H12NO5.Pd/c7-3-5(10)4(9)2(1-8)12-6(3)11;/h2-11H,1H2;/q-1;. The number of hydrogen-bond donors (Lipinski definition) is 4. The summed E-state index contributed by atoms with van der Waals surface area (Å²) in [4.78, 5) is 0. The van der Waals surface area contributed by atoms with Crippen LogP contribution in [0.3, 0.4) is 0 Å². The maximum absolute atomic E-state index is 9.16. The van der Waals surface area contributed by atoms with Crippen LogP contribution in [0.4, 0.5) is 0 Å². The fourth-order valence-corrected chi connectivity index (χ4v) is 1.10. The van der Waals surface area contributed by atoms with Gasteiger partial charge in [-0.3, -0.25) is 0 Å². The number of aliphatic hydroxyl groups excluding tert-OH is 4. The van der Waals surface area contributed by atoms with E-state index in [4.69, 9.17) is 26.2 Å². The smallest absolute Gasteiger partial charge is 0.141 e. The summed E-state index contributed by atoms with van der Waals surface area (Å²) < 4.78 is 4.64. The molecular weight excluding hydrogens is 272 g/mol. The van der Waals surface area contributed by atoms with Gasteiger partial charge in [0.05, 0.1) is 12.7 Å². The number of nitrogens with one attached hydrogen (secondary N) is 1. The Bertz CT molecular complexity index is 155. The van der Waals surface area contributed by atoms with Crippen LogP contribution in [-0.2, 0) is 25.2 Å². The Morgan fingerprint density at radius 2 is 1.69 bits per heavy atom. The molecule has 1 saturated heterocycles. The predicted octanol–water partition coefficient (Wildman–Crippen LogP) is -2.16. The van der Waals surface area contributed by atoms with Crippen LogP contribution in [0.1, 0.15) is 0 Å². The average Bonchev–Trinajstić information content (AvgIpc) is 2.08. The van der Waals surface area contributed by atoms with E-state index in [1.165, 1.54) is 0 Å². The zero-order chi connectivity index (χ0) is 9.30. The van der Waals surface area contributed by atoms with Gasteiger partial charge in [0, 0.05) is 20.4 Å². The quantitative estimate of drug-likeness (QED) is 0.409. The summed E-state index contributed by atoms with van der Waals surface area (Å²) in [7, 11) is 0. The summed E-state index contributed by atoms with van der Waals surface area (Å²) in [5, 5.41) is 35.9. The molecule has 0 bridgehead atoms. The van der Waals surface area contributed by atoms with Crippen LogP contribution in [0, 0.1) is 0 Å². The Morgan fingerprint density at radius 1 is 1.15 bits per heavy atom. The first-order chi connectivity index (χ1) is 5.57. The van der Waals surface area contributed by atoms with E-state index in [0.717, 1.165) is 0 Å². The maximum atomic E-state index is 9.16. The molecule has 0 amide bonds. The normalized spacial score (nSPS) is 45.5. The van der Waals surface area contributed by atoms with Crippen molar-refractivity contribution in [1.82, 2.24) is 0 Å². The molecule has 0 saturated carbocycles. The predicted molar refractivity (Wildman–Crippen MR) is 38.1 cm³/mol. The van der Waals surface area contributed by atoms with E-state index in [2.05, 4.69) is 4.74 Å². The van der Waals surface area contributed by atoms with Crippen LogP contribution in [0.5, 0.6) is 0 Å². The van der Waals surface area contributed by atoms with Crippen LogP contribution in [0.2, 0.25) is 0 Å². The van der Waals surface area contributed by atoms with Gasteiger partial charge < -0.3 is 30.9 Å². The summed E-state index contributed by atoms with van der Waals surface area (Å²) in [5.41, 5.74) is 7.11. The second-order valence-corrected chi connectivity index (χ2v) is 2.75. The minimum atomic E-state index is -1.46. The van der Waals surface area contributed by atoms with Gasteiger partial charge in [-0.2, -0.15) is 0 Å². The summed E-state index contributed by atoms with van der Waals surface area (Å²) in [6.45, 7) is -0.498. The van der Waals surface area contributed by atoms with Gasteiger partial charge in [-0.25, -0.2) is 0 Å². The topological polar surface area (TPSA) is 114 Å². The first kappa shape index (κ1) is 13.4. The molecule has 0 spiro atoms. The van der Waals surface area contributed by atoms with E-state index in [9.17, 15) is 0 Å². The molecule has 82 valence electrons. The average molecular weight is 285 g/mol. The van der Waals surface area contributed by atoms with Gasteiger partial charge in [-0.1, -0.05) is 6.04 Å². The van der Waals surface area contributed by atoms with E-state index < -0.39 is 37.3 Å². The van der Waals surface area contributed by atoms with Gasteiger partial charge in [-0.15, -0.1) is 0 Å². The SMILES string of the molecule is [NH-]C1C(O)OC(CO)C(O)C1O.[Pd]. The van der Waals surface area contributed by atoms with Crippen LogP contribution in [0.15, 0.2) is 0 Å². The Kier molecular flexibility index (Phi) is 5.51. The second kappa shape index (κ2) is 5.34. The summed E-state index contributed by atoms with van der Waals surface area (Å²) >= 11 is 0. The third-order valence-electron chi connectivity index (χ3n) is 1.90. The van der Waals surface area contributed by atoms with Crippen molar-refractivity contribution in [3.63, 3.8) is 0 Å². The maximum Gasteiger partial charge on any atom is 0.141 e. The monoisotopic (exact) mass is 284 g/mol. The minimum Gasteiger partial charge on any atom is -0.668 e. The third kappa shape index (κ3) is 2.68. The van der Waals surface area contributed by atoms with Gasteiger partial charge in [0.2, 0.25) is 0 Å². The number of rotatable bonds is 1. The van der Waals surface area contributed by atoms with Crippen LogP contribution in [0.25, 0.3) is 5.73 Å². The van der Waals surface area contributed by atoms with Gasteiger partial charge in [0.15, 0.2) is 0 Å². The minimum absolute atomic E-state index is 0. The molecular formula is C6H12NO5Pd-. The van der Waals surface area contributed by atoms with Crippen molar-refractivity contribution in [2.24, 2.45) is 0 Å². The van der Waals surface area contributed by atoms with Crippen molar-refractivity contribution in [1.29, 1.82) is 0 Å². The van der Waals surface area contributed by atoms with E-state index in [1.54, 1.807) is 0 Å². The molecule has 5 unspecified atom stereocenters. The fourth-order valence-electron chi connectivity index (χ4n) is 1.10. The Morgan fingerprint density at radius 3 is 2.15 bits per heavy atom. The fraction of sp³-hybridized carbons (Fsp3) is 1.00. The van der Waals surface area contributed by atoms with Crippen molar-refractivity contribution >= 4 is 0 Å². The van der Waals surface area contributed by atoms with E-state index >= 15 is 0 Å². The summed E-state index contributed by atoms with van der Waals surface area (Å²) in [6.07, 6.45) is -5.18. The molecule has 13 heavy (non-hydrogen) atoms. The molecule has 1 rings (SSSR count). The number of ether oxygens (including phenoxy) is 1. The number of aliphatic hydroxyl groups is 4. The molecule has 0 radical (unpaired) electrons. The Labute approximate surface area is 89.0 Å². The molecule has 6 nitrogen and oxygen atoms in total. The summed E-state index contributed by atoms with van der Waals surface area (Å²) in [6, 6.07) is -1.29. The molecule has 0 aliphatic carbocycles. The van der Waals surface area contributed by atoms with Gasteiger partial charge >= 0.3 is 0 Å². The zero-order valence-electron chi connectivity index (χ0n) is 6.61. The van der Waals surface area contributed by atoms with Crippen molar-refractivity contribution in [3.8, 4) is 0 Å². The molecule has 5 atom stereocenters. The number of hydrogen-bond acceptors (Lipinski definition) is 5. The molecule has 0 aromatic heterocycles. The largest absolute Gasteiger partial charge is 0.668 e. The molecule has 1 heterocycles. The third-order valence-corrected chi connectivity index (χ3v) is 1.90. The van der Waals surface area contributed by atoms with Crippen molar-refractivity contribution in [2.45, 2.75) is 30.6 Å². The molecule has 0 aromatic carbocycles. The van der Waals surface area contributed by atoms with E-state index in [1.807, 2.05) is 0 Å². The molecule has 1 fully saturated rings. The molecule has 1 aliphatic heterocycles. The van der Waals surface area contributed by atoms with Gasteiger partial charge in [0.1, 0.15) is 18.5 Å². The van der Waals surface area contributed by atoms with Crippen molar-refractivity contribution in [2.75, 3.05) is 6.61 Å². The van der Waals surface area contributed by atoms with Gasteiger partial charge in [0.25, 0.3) is 0 Å². The Balaban J connectivity index is 0.00000144. The van der Waals surface area contributed by atoms with Crippen molar-refractivity contribution < 1.29 is 45.6 Å². The van der Waals surface area contributed by atoms with Crippen LogP contribution in [-0.4, -0.2) is 57.7 Å². The molecule has 7 heteroatoms. The van der Waals surface area contributed by atoms with Crippen LogP contribution < -0.4 is 0 Å². The first-order valence-corrected chi connectivity index (χ1v) is 3.59. The Hall–Kier alpha value is 0.422. The van der Waals surface area contributed by atoms with E-state index in [0.29, 0.717) is 0 Å². The van der Waals surface area contributed by atoms with Gasteiger partial charge in [-0.05, 0) is 0 Å². The molecule has 5 N–H and O–H groups in total. The van der Waals surface area contributed by atoms with E-state index in [-0.39, 0.29) is 20.4 Å². The first-order valence-electron chi connectivity index (χ1n) is 3.59. The zero-order valence-corrected chi connectivity index (χ0v) is 8.16. The molecule has 1 aliphatic rings. The van der Waals surface area contributed by atoms with Crippen LogP contribution >= 0.6 is 0 Å². The summed E-state index contributed by atoms with van der Waals surface area (Å²) in [5.74, 6) is 0. The molecule has 0 aromatic rings. The second-order valence-electron chi connectivity index (χ2n) is 2.75. The van der Waals surface area contributed by atoms with Crippen molar-refractivity contribution in [3.05, 3.63) is 5.73 Å².